The summed E-state index contributed by atoms with van der Waals surface area (Å²) < 4.78 is 1.67. The molecule has 31 heavy (non-hydrogen) atoms. The molecule has 3 aromatic rings. The number of aryl methyl sites for hydroxylation is 1. The average molecular weight is 415 g/mol. The van der Waals surface area contributed by atoms with Crippen LogP contribution in [0.2, 0.25) is 0 Å². The van der Waals surface area contributed by atoms with Gasteiger partial charge in [-0.15, -0.1) is 0 Å². The van der Waals surface area contributed by atoms with Gasteiger partial charge in [-0.05, 0) is 42.3 Å². The van der Waals surface area contributed by atoms with E-state index in [9.17, 15) is 14.4 Å². The van der Waals surface area contributed by atoms with Crippen LogP contribution in [0.4, 0.5) is 5.69 Å². The molecular formula is C23H21N5O3. The molecule has 1 spiro atoms. The number of primary amides is 1. The molecule has 1 aromatic heterocycles. The molecule has 8 nitrogen and oxygen atoms in total. The van der Waals surface area contributed by atoms with Crippen LogP contribution < -0.4 is 11.1 Å². The van der Waals surface area contributed by atoms with E-state index in [-0.39, 0.29) is 11.8 Å². The van der Waals surface area contributed by atoms with Crippen LogP contribution in [0.3, 0.4) is 0 Å². The van der Waals surface area contributed by atoms with Gasteiger partial charge < -0.3 is 16.0 Å². The van der Waals surface area contributed by atoms with Gasteiger partial charge in [0, 0.05) is 42.2 Å². The summed E-state index contributed by atoms with van der Waals surface area (Å²) in [7, 11) is 1.81. The molecule has 156 valence electrons. The fourth-order valence-electron chi connectivity index (χ4n) is 4.89. The predicted octanol–water partition coefficient (Wildman–Crippen LogP) is 2.00. The van der Waals surface area contributed by atoms with Crippen LogP contribution in [0.25, 0.3) is 0 Å². The first-order chi connectivity index (χ1) is 14.9. The van der Waals surface area contributed by atoms with Crippen molar-refractivity contribution in [2.75, 3.05) is 11.9 Å². The molecule has 2 atom stereocenters. The van der Waals surface area contributed by atoms with Crippen LogP contribution in [-0.4, -0.2) is 38.9 Å². The van der Waals surface area contributed by atoms with E-state index in [2.05, 4.69) is 10.4 Å². The van der Waals surface area contributed by atoms with Crippen molar-refractivity contribution in [1.82, 2.24) is 14.7 Å². The maximum atomic E-state index is 13.5. The Labute approximate surface area is 178 Å². The first kappa shape index (κ1) is 19.0. The van der Waals surface area contributed by atoms with Crippen molar-refractivity contribution in [2.24, 2.45) is 12.8 Å². The van der Waals surface area contributed by atoms with Crippen molar-refractivity contribution in [3.05, 3.63) is 83.2 Å². The topological polar surface area (TPSA) is 110 Å². The molecule has 0 radical (unpaired) electrons. The number of hydrogen-bond acceptors (Lipinski definition) is 4. The molecule has 3 N–H and O–H groups in total. The van der Waals surface area contributed by atoms with Gasteiger partial charge >= 0.3 is 0 Å². The molecule has 0 saturated carbocycles. The third-order valence-corrected chi connectivity index (χ3v) is 6.30. The van der Waals surface area contributed by atoms with Gasteiger partial charge in [0.05, 0.1) is 12.2 Å². The molecule has 1 fully saturated rings. The Morgan fingerprint density at radius 1 is 1.13 bits per heavy atom. The van der Waals surface area contributed by atoms with Gasteiger partial charge in [-0.25, -0.2) is 0 Å². The SMILES string of the molecule is Cn1cc(C2N(C(=O)c3ccc(C(N)=O)cc3)CCC23C(=O)Nc2ccccc23)cn1. The normalized spacial score (nSPS) is 21.9. The maximum absolute atomic E-state index is 13.5. The molecule has 3 heterocycles. The highest BCUT2D eigenvalue weighted by Gasteiger charge is 2.59. The number of benzene rings is 2. The number of fused-ring (bicyclic) bond motifs is 2. The minimum atomic E-state index is -0.886. The zero-order valence-electron chi connectivity index (χ0n) is 16.9. The van der Waals surface area contributed by atoms with Crippen molar-refractivity contribution < 1.29 is 14.4 Å². The van der Waals surface area contributed by atoms with E-state index in [1.54, 1.807) is 27.9 Å². The Morgan fingerprint density at radius 3 is 2.52 bits per heavy atom. The average Bonchev–Trinajstić information content (AvgIpc) is 3.45. The summed E-state index contributed by atoms with van der Waals surface area (Å²) >= 11 is 0. The molecule has 8 heteroatoms. The van der Waals surface area contributed by atoms with E-state index in [1.165, 1.54) is 12.1 Å². The monoisotopic (exact) mass is 415 g/mol. The van der Waals surface area contributed by atoms with Gasteiger partial charge in [-0.2, -0.15) is 5.10 Å². The van der Waals surface area contributed by atoms with E-state index >= 15 is 0 Å². The number of nitrogens with two attached hydrogens (primary N) is 1. The lowest BCUT2D eigenvalue weighted by Crippen LogP contribution is -2.42. The lowest BCUT2D eigenvalue weighted by atomic mass is 9.73. The lowest BCUT2D eigenvalue weighted by Gasteiger charge is -2.33. The highest BCUT2D eigenvalue weighted by atomic mass is 16.2. The Kier molecular flexibility index (Phi) is 4.18. The molecule has 2 aliphatic rings. The van der Waals surface area contributed by atoms with Crippen molar-refractivity contribution >= 4 is 23.4 Å². The number of rotatable bonds is 3. The first-order valence-electron chi connectivity index (χ1n) is 10.0. The van der Waals surface area contributed by atoms with E-state index in [4.69, 9.17) is 5.73 Å². The van der Waals surface area contributed by atoms with E-state index in [0.29, 0.717) is 24.1 Å². The smallest absolute Gasteiger partial charge is 0.254 e. The van der Waals surface area contributed by atoms with Gasteiger partial charge in [-0.3, -0.25) is 19.1 Å². The number of carbonyl (C=O) groups is 3. The van der Waals surface area contributed by atoms with Crippen molar-refractivity contribution in [2.45, 2.75) is 17.9 Å². The number of amides is 3. The Bertz CT molecular complexity index is 1220. The first-order valence-corrected chi connectivity index (χ1v) is 10.0. The van der Waals surface area contributed by atoms with Crippen molar-refractivity contribution in [3.8, 4) is 0 Å². The number of para-hydroxylation sites is 1. The number of likely N-dealkylation sites (tertiary alicyclic amines) is 1. The molecule has 0 bridgehead atoms. The van der Waals surface area contributed by atoms with Gasteiger partial charge in [0.15, 0.2) is 0 Å². The lowest BCUT2D eigenvalue weighted by molar-refractivity contribution is -0.121. The van der Waals surface area contributed by atoms with Gasteiger partial charge in [0.25, 0.3) is 5.91 Å². The number of carbonyl (C=O) groups excluding carboxylic acids is 3. The molecular weight excluding hydrogens is 394 g/mol. The molecule has 0 aliphatic carbocycles. The van der Waals surface area contributed by atoms with Crippen molar-refractivity contribution in [3.63, 3.8) is 0 Å². The molecule has 5 rings (SSSR count). The number of nitrogens with one attached hydrogen (secondary N) is 1. The summed E-state index contributed by atoms with van der Waals surface area (Å²) in [4.78, 5) is 40.0. The predicted molar refractivity (Wildman–Crippen MR) is 113 cm³/mol. The van der Waals surface area contributed by atoms with Gasteiger partial charge in [-0.1, -0.05) is 18.2 Å². The summed E-state index contributed by atoms with van der Waals surface area (Å²) in [5, 5.41) is 7.29. The second kappa shape index (κ2) is 6.80. The number of anilines is 1. The third-order valence-electron chi connectivity index (χ3n) is 6.30. The maximum Gasteiger partial charge on any atom is 0.254 e. The van der Waals surface area contributed by atoms with E-state index < -0.39 is 17.4 Å². The van der Waals surface area contributed by atoms with Crippen LogP contribution in [0, 0.1) is 0 Å². The second-order valence-electron chi connectivity index (χ2n) is 8.01. The van der Waals surface area contributed by atoms with E-state index in [0.717, 1.165) is 16.8 Å². The van der Waals surface area contributed by atoms with Crippen LogP contribution in [-0.2, 0) is 17.3 Å². The third kappa shape index (κ3) is 2.75. The number of hydrogen-bond donors (Lipinski definition) is 2. The number of aromatic nitrogens is 2. The van der Waals surface area contributed by atoms with Crippen LogP contribution in [0.15, 0.2) is 60.9 Å². The summed E-state index contributed by atoms with van der Waals surface area (Å²) in [5.41, 5.74) is 7.67. The summed E-state index contributed by atoms with van der Waals surface area (Å²) in [6.07, 6.45) is 4.06. The fourth-order valence-corrected chi connectivity index (χ4v) is 4.89. The summed E-state index contributed by atoms with van der Waals surface area (Å²) in [6.45, 7) is 0.414. The quantitative estimate of drug-likeness (QED) is 0.682. The van der Waals surface area contributed by atoms with Gasteiger partial charge in [0.2, 0.25) is 11.8 Å². The number of nitrogens with zero attached hydrogens (tertiary/aromatic N) is 3. The van der Waals surface area contributed by atoms with Crippen LogP contribution >= 0.6 is 0 Å². The Hall–Kier alpha value is -3.94. The minimum Gasteiger partial charge on any atom is -0.366 e. The second-order valence-corrected chi connectivity index (χ2v) is 8.01. The fraction of sp³-hybridized carbons (Fsp3) is 0.217. The summed E-state index contributed by atoms with van der Waals surface area (Å²) in [6, 6.07) is 13.4. The zero-order chi connectivity index (χ0) is 21.8. The van der Waals surface area contributed by atoms with E-state index in [1.807, 2.05) is 37.5 Å². The molecule has 2 aliphatic heterocycles. The molecule has 2 aromatic carbocycles. The molecule has 1 saturated heterocycles. The highest BCUT2D eigenvalue weighted by Crippen LogP contribution is 2.54. The standard InChI is InChI=1S/C23H21N5O3/c1-27-13-16(12-25-27)19-23(17-4-2-3-5-18(17)26-22(23)31)10-11-28(19)21(30)15-8-6-14(7-9-15)20(24)29/h2-9,12-13,19H,10-11H2,1H3,(H2,24,29)(H,26,31). The van der Waals surface area contributed by atoms with Crippen molar-refractivity contribution in [1.29, 1.82) is 0 Å². The highest BCUT2D eigenvalue weighted by molar-refractivity contribution is 6.08. The largest absolute Gasteiger partial charge is 0.366 e. The molecule has 2 unspecified atom stereocenters. The Balaban J connectivity index is 1.61. The minimum absolute atomic E-state index is 0.109. The molecule has 3 amide bonds. The van der Waals surface area contributed by atoms with Gasteiger partial charge in [0.1, 0.15) is 5.41 Å². The summed E-state index contributed by atoms with van der Waals surface area (Å²) in [5.74, 6) is -0.868. The zero-order valence-corrected chi connectivity index (χ0v) is 16.9. The Morgan fingerprint density at radius 2 is 1.84 bits per heavy atom. The van der Waals surface area contributed by atoms with Crippen LogP contribution in [0.5, 0.6) is 0 Å². The van der Waals surface area contributed by atoms with Crippen LogP contribution in [0.1, 0.15) is 44.3 Å².